The van der Waals surface area contributed by atoms with Crippen molar-refractivity contribution in [2.24, 2.45) is 0 Å². The van der Waals surface area contributed by atoms with Crippen LogP contribution < -0.4 is 14.4 Å². The lowest BCUT2D eigenvalue weighted by Crippen LogP contribution is -2.30. The average molecular weight is 431 g/mol. The van der Waals surface area contributed by atoms with Gasteiger partial charge in [0.2, 0.25) is 0 Å². The summed E-state index contributed by atoms with van der Waals surface area (Å²) in [7, 11) is 3.25. The highest BCUT2D eigenvalue weighted by atomic mass is 32.1. The predicted octanol–water partition coefficient (Wildman–Crippen LogP) is 5.67. The van der Waals surface area contributed by atoms with E-state index in [9.17, 15) is 4.79 Å². The van der Waals surface area contributed by atoms with E-state index in [0.717, 1.165) is 22.6 Å². The van der Waals surface area contributed by atoms with Crippen LogP contribution in [0.1, 0.15) is 15.9 Å². The molecule has 156 valence electrons. The molecule has 0 atom stereocenters. The van der Waals surface area contributed by atoms with Crippen molar-refractivity contribution in [3.8, 4) is 22.8 Å². The Bertz CT molecular complexity index is 1140. The van der Waals surface area contributed by atoms with E-state index in [1.165, 1.54) is 11.3 Å². The van der Waals surface area contributed by atoms with Crippen LogP contribution in [0.3, 0.4) is 0 Å². The van der Waals surface area contributed by atoms with Gasteiger partial charge in [-0.15, -0.1) is 11.3 Å². The van der Waals surface area contributed by atoms with Crippen LogP contribution in [0.25, 0.3) is 11.3 Å². The molecule has 3 aromatic carbocycles. The fourth-order valence-electron chi connectivity index (χ4n) is 3.16. The lowest BCUT2D eigenvalue weighted by molar-refractivity contribution is 0.0985. The molecule has 6 heteroatoms. The van der Waals surface area contributed by atoms with Crippen molar-refractivity contribution in [3.05, 3.63) is 95.4 Å². The summed E-state index contributed by atoms with van der Waals surface area (Å²) in [6.07, 6.45) is 0. The Kier molecular flexibility index (Phi) is 6.29. The van der Waals surface area contributed by atoms with E-state index in [1.807, 2.05) is 60.0 Å². The molecule has 0 bridgehead atoms. The normalized spacial score (nSPS) is 10.5. The number of ether oxygens (including phenoxy) is 2. The van der Waals surface area contributed by atoms with Crippen molar-refractivity contribution >= 4 is 22.4 Å². The zero-order chi connectivity index (χ0) is 21.6. The summed E-state index contributed by atoms with van der Waals surface area (Å²) < 4.78 is 10.4. The number of carbonyl (C=O) groups is 1. The fraction of sp³-hybridized carbons (Fsp3) is 0.120. The molecule has 0 aliphatic rings. The number of anilines is 1. The molecule has 0 aliphatic heterocycles. The zero-order valence-corrected chi connectivity index (χ0v) is 18.1. The van der Waals surface area contributed by atoms with Crippen molar-refractivity contribution in [2.45, 2.75) is 6.54 Å². The van der Waals surface area contributed by atoms with E-state index in [0.29, 0.717) is 23.0 Å². The van der Waals surface area contributed by atoms with Gasteiger partial charge in [0.1, 0.15) is 11.5 Å². The molecule has 0 saturated heterocycles. The Morgan fingerprint density at radius 2 is 1.48 bits per heavy atom. The molecule has 0 aliphatic carbocycles. The maximum absolute atomic E-state index is 13.4. The summed E-state index contributed by atoms with van der Waals surface area (Å²) in [6, 6.07) is 24.8. The molecule has 0 saturated carbocycles. The van der Waals surface area contributed by atoms with Crippen LogP contribution in [0.15, 0.2) is 84.2 Å². The summed E-state index contributed by atoms with van der Waals surface area (Å²) in [5.41, 5.74) is 3.41. The number of carbonyl (C=O) groups excluding carboxylic acids is 1. The smallest absolute Gasteiger partial charge is 0.260 e. The lowest BCUT2D eigenvalue weighted by Gasteiger charge is -2.20. The molecule has 0 fully saturated rings. The van der Waals surface area contributed by atoms with Crippen LogP contribution >= 0.6 is 11.3 Å². The highest BCUT2D eigenvalue weighted by Gasteiger charge is 2.21. The van der Waals surface area contributed by atoms with Gasteiger partial charge in [0.05, 0.1) is 26.5 Å². The molecular weight excluding hydrogens is 408 g/mol. The van der Waals surface area contributed by atoms with E-state index in [2.05, 4.69) is 0 Å². The van der Waals surface area contributed by atoms with Gasteiger partial charge in [0.15, 0.2) is 5.13 Å². The van der Waals surface area contributed by atoms with Crippen LogP contribution in [-0.4, -0.2) is 25.1 Å². The van der Waals surface area contributed by atoms with Crippen molar-refractivity contribution in [1.29, 1.82) is 0 Å². The van der Waals surface area contributed by atoms with E-state index < -0.39 is 0 Å². The number of hydrogen-bond acceptors (Lipinski definition) is 5. The number of nitrogens with zero attached hydrogens (tertiary/aromatic N) is 2. The summed E-state index contributed by atoms with van der Waals surface area (Å²) in [5.74, 6) is 1.39. The van der Waals surface area contributed by atoms with Crippen LogP contribution in [0.4, 0.5) is 5.13 Å². The standard InChI is InChI=1S/C25H22N2O3S/c1-29-21-12-8-19(9-13-21)23-17-31-25(26-23)27(16-18-6-4-3-5-7-18)24(28)20-10-14-22(30-2)15-11-20/h3-15,17H,16H2,1-2H3. The zero-order valence-electron chi connectivity index (χ0n) is 17.3. The molecule has 0 unspecified atom stereocenters. The number of thiazole rings is 1. The maximum atomic E-state index is 13.4. The molecule has 31 heavy (non-hydrogen) atoms. The summed E-state index contributed by atoms with van der Waals surface area (Å²) >= 11 is 1.45. The number of hydrogen-bond donors (Lipinski definition) is 0. The first-order chi connectivity index (χ1) is 15.2. The van der Waals surface area contributed by atoms with E-state index in [1.54, 1.807) is 43.4 Å². The van der Waals surface area contributed by atoms with Gasteiger partial charge in [-0.2, -0.15) is 0 Å². The van der Waals surface area contributed by atoms with Gasteiger partial charge in [0.25, 0.3) is 5.91 Å². The average Bonchev–Trinajstić information content (AvgIpc) is 3.33. The maximum Gasteiger partial charge on any atom is 0.260 e. The van der Waals surface area contributed by atoms with Crippen LogP contribution in [0.5, 0.6) is 11.5 Å². The minimum absolute atomic E-state index is 0.109. The molecule has 1 heterocycles. The molecule has 0 spiro atoms. The Morgan fingerprint density at radius 1 is 0.871 bits per heavy atom. The first kappa shape index (κ1) is 20.6. The molecule has 1 amide bonds. The molecule has 0 radical (unpaired) electrons. The Hall–Kier alpha value is -3.64. The Morgan fingerprint density at radius 3 is 2.10 bits per heavy atom. The first-order valence-corrected chi connectivity index (χ1v) is 10.7. The lowest BCUT2D eigenvalue weighted by atomic mass is 10.1. The summed E-state index contributed by atoms with van der Waals surface area (Å²) in [5, 5.41) is 2.62. The van der Waals surface area contributed by atoms with Crippen molar-refractivity contribution in [2.75, 3.05) is 19.1 Å². The van der Waals surface area contributed by atoms with Gasteiger partial charge in [-0.05, 0) is 54.1 Å². The van der Waals surface area contributed by atoms with E-state index in [-0.39, 0.29) is 5.91 Å². The summed E-state index contributed by atoms with van der Waals surface area (Å²) in [6.45, 7) is 0.432. The topological polar surface area (TPSA) is 51.7 Å². The van der Waals surface area contributed by atoms with E-state index >= 15 is 0 Å². The van der Waals surface area contributed by atoms with Gasteiger partial charge in [-0.1, -0.05) is 30.3 Å². The van der Waals surface area contributed by atoms with Crippen molar-refractivity contribution in [1.82, 2.24) is 4.98 Å². The number of methoxy groups -OCH3 is 2. The van der Waals surface area contributed by atoms with Gasteiger partial charge in [-0.3, -0.25) is 9.69 Å². The quantitative estimate of drug-likeness (QED) is 0.379. The van der Waals surface area contributed by atoms with E-state index in [4.69, 9.17) is 14.5 Å². The third-order valence-electron chi connectivity index (χ3n) is 4.87. The van der Waals surface area contributed by atoms with Gasteiger partial charge in [-0.25, -0.2) is 4.98 Å². The second-order valence-electron chi connectivity index (χ2n) is 6.85. The van der Waals surface area contributed by atoms with Crippen LogP contribution in [-0.2, 0) is 6.54 Å². The molecule has 0 N–H and O–H groups in total. The second kappa shape index (κ2) is 9.45. The highest BCUT2D eigenvalue weighted by molar-refractivity contribution is 7.14. The van der Waals surface area contributed by atoms with Crippen LogP contribution in [0.2, 0.25) is 0 Å². The Labute approximate surface area is 185 Å². The first-order valence-electron chi connectivity index (χ1n) is 9.77. The minimum atomic E-state index is -0.109. The molecule has 4 rings (SSSR count). The molecule has 1 aromatic heterocycles. The van der Waals surface area contributed by atoms with Crippen molar-refractivity contribution < 1.29 is 14.3 Å². The number of benzene rings is 3. The van der Waals surface area contributed by atoms with Gasteiger partial charge >= 0.3 is 0 Å². The Balaban J connectivity index is 1.66. The molecular formula is C25H22N2O3S. The number of rotatable bonds is 7. The number of amides is 1. The third kappa shape index (κ3) is 4.75. The van der Waals surface area contributed by atoms with Gasteiger partial charge in [0, 0.05) is 16.5 Å². The largest absolute Gasteiger partial charge is 0.497 e. The third-order valence-corrected chi connectivity index (χ3v) is 5.74. The summed E-state index contributed by atoms with van der Waals surface area (Å²) in [4.78, 5) is 19.9. The predicted molar refractivity (Wildman–Crippen MR) is 124 cm³/mol. The fourth-order valence-corrected chi connectivity index (χ4v) is 4.00. The molecule has 5 nitrogen and oxygen atoms in total. The monoisotopic (exact) mass is 430 g/mol. The van der Waals surface area contributed by atoms with Crippen molar-refractivity contribution in [3.63, 3.8) is 0 Å². The van der Waals surface area contributed by atoms with Gasteiger partial charge < -0.3 is 9.47 Å². The van der Waals surface area contributed by atoms with Crippen LogP contribution in [0, 0.1) is 0 Å². The number of aromatic nitrogens is 1. The molecule has 4 aromatic rings. The second-order valence-corrected chi connectivity index (χ2v) is 7.69. The minimum Gasteiger partial charge on any atom is -0.497 e. The SMILES string of the molecule is COc1ccc(C(=O)N(Cc2ccccc2)c2nc(-c3ccc(OC)cc3)cs2)cc1. The highest BCUT2D eigenvalue weighted by Crippen LogP contribution is 2.30.